The molecule has 0 unspecified atom stereocenters. The van der Waals surface area contributed by atoms with E-state index in [1.165, 1.54) is 92.1 Å². The predicted molar refractivity (Wildman–Crippen MR) is 316 cm³/mol. The highest BCUT2D eigenvalue weighted by atomic mass is 32.1. The van der Waals surface area contributed by atoms with Crippen LogP contribution in [0.5, 0.6) is 0 Å². The van der Waals surface area contributed by atoms with Gasteiger partial charge in [-0.05, 0) is 122 Å². The number of furan rings is 1. The third-order valence-corrected chi connectivity index (χ3v) is 17.5. The van der Waals surface area contributed by atoms with E-state index in [4.69, 9.17) is 9.40 Å². The van der Waals surface area contributed by atoms with E-state index in [1.54, 1.807) is 0 Å². The summed E-state index contributed by atoms with van der Waals surface area (Å²) < 4.78 is 14.7. The number of aromatic nitrogens is 3. The van der Waals surface area contributed by atoms with Crippen LogP contribution in [0.3, 0.4) is 0 Å². The summed E-state index contributed by atoms with van der Waals surface area (Å²) in [5.41, 5.74) is 20.8. The number of imidazole rings is 1. The monoisotopic (exact) mass is 974 g/mol. The van der Waals surface area contributed by atoms with E-state index >= 15 is 0 Å². The van der Waals surface area contributed by atoms with E-state index in [9.17, 15) is 0 Å². The van der Waals surface area contributed by atoms with Gasteiger partial charge in [0, 0.05) is 75.6 Å². The normalized spacial score (nSPS) is 13.7. The molecular formula is C67H55BN4OS. The Kier molecular flexibility index (Phi) is 8.79. The lowest BCUT2D eigenvalue weighted by Crippen LogP contribution is -2.60. The van der Waals surface area contributed by atoms with Crippen LogP contribution in [-0.4, -0.2) is 21.0 Å². The Balaban J connectivity index is 1.16. The van der Waals surface area contributed by atoms with Crippen molar-refractivity contribution in [2.24, 2.45) is 0 Å². The molecule has 0 radical (unpaired) electrons. The fourth-order valence-corrected chi connectivity index (χ4v) is 13.8. The number of hydrogen-bond donors (Lipinski definition) is 0. The molecule has 0 saturated carbocycles. The molecule has 7 heteroatoms. The fourth-order valence-electron chi connectivity index (χ4n) is 12.6. The zero-order valence-corrected chi connectivity index (χ0v) is 44.2. The minimum absolute atomic E-state index is 0.0135. The maximum Gasteiger partial charge on any atom is 0.333 e. The fraction of sp³-hybridized carbons (Fsp3) is 0.179. The van der Waals surface area contributed by atoms with Gasteiger partial charge in [0.25, 0.3) is 0 Å². The van der Waals surface area contributed by atoms with E-state index in [1.807, 2.05) is 11.3 Å². The molecule has 358 valence electrons. The first-order valence-corrected chi connectivity index (χ1v) is 27.0. The number of hydrogen-bond acceptors (Lipinski definition) is 4. The molecule has 0 fully saturated rings. The summed E-state index contributed by atoms with van der Waals surface area (Å²) in [6.07, 6.45) is 0. The second-order valence-corrected chi connectivity index (χ2v) is 25.1. The minimum atomic E-state index is -0.230. The van der Waals surface area contributed by atoms with E-state index in [2.05, 4.69) is 246 Å². The number of para-hydroxylation sites is 1. The molecule has 13 aromatic rings. The van der Waals surface area contributed by atoms with Crippen molar-refractivity contribution in [1.29, 1.82) is 0 Å². The summed E-state index contributed by atoms with van der Waals surface area (Å²) in [7, 11) is 0. The van der Waals surface area contributed by atoms with Crippen molar-refractivity contribution in [3.05, 3.63) is 187 Å². The lowest BCUT2D eigenvalue weighted by molar-refractivity contribution is 0.587. The SMILES string of the molecule is CC(C)(C)c1ccc(N2B3c4cc5nc(-c6ccccc6)n(-c6ccccc6)c5cc4-n4c5ccc(C(C)(C)C)cc5c5c6sc7ccccc7c6c(c3c54)-c3cc4oc5cc(C(C)(C)C)ccc5c4cc32)cc1. The average Bonchev–Trinajstić information content (AvgIpc) is 4.16. The number of rotatable bonds is 3. The molecule has 9 aromatic carbocycles. The summed E-state index contributed by atoms with van der Waals surface area (Å²) in [5, 5.41) is 7.47. The zero-order chi connectivity index (χ0) is 50.3. The van der Waals surface area contributed by atoms with Crippen LogP contribution >= 0.6 is 11.3 Å². The molecule has 6 heterocycles. The Morgan fingerprint density at radius 3 is 1.91 bits per heavy atom. The van der Waals surface area contributed by atoms with Crippen molar-refractivity contribution >= 4 is 115 Å². The molecule has 15 rings (SSSR count). The topological polar surface area (TPSA) is 39.1 Å². The summed E-state index contributed by atoms with van der Waals surface area (Å²) in [6.45, 7) is 20.5. The quantitative estimate of drug-likeness (QED) is 0.166. The van der Waals surface area contributed by atoms with Crippen LogP contribution < -0.4 is 15.7 Å². The number of anilines is 2. The second kappa shape index (κ2) is 14.9. The van der Waals surface area contributed by atoms with Gasteiger partial charge in [0.05, 0.1) is 22.1 Å². The highest BCUT2D eigenvalue weighted by Crippen LogP contribution is 2.54. The van der Waals surface area contributed by atoms with Crippen LogP contribution in [0.2, 0.25) is 0 Å². The standard InChI is InChI=1S/C67H55BN4OS/c1-65(2,3)39-24-28-43(29-25-39)72-52-34-46-44-30-26-41(67(7,8)9)33-55(44)73-56(46)35-48(52)58-59-45-22-16-17-23-57(45)74-63(59)60-47-32-40(66(4,5)6)27-31-51(47)71-53-37-54-50(36-49(53)68(72)61(58)62(60)71)69-64(38-18-12-10-13-19-38)70(54)42-20-14-11-15-21-42/h10-37H,1-9H3. The largest absolute Gasteiger partial charge is 0.456 e. The lowest BCUT2D eigenvalue weighted by Gasteiger charge is -2.42. The lowest BCUT2D eigenvalue weighted by atomic mass is 9.43. The number of thiophene rings is 1. The van der Waals surface area contributed by atoms with Crippen LogP contribution in [0.1, 0.15) is 79.0 Å². The molecule has 0 atom stereocenters. The van der Waals surface area contributed by atoms with Crippen molar-refractivity contribution in [1.82, 2.24) is 14.1 Å². The molecular weight excluding hydrogens is 920 g/mol. The molecule has 0 N–H and O–H groups in total. The van der Waals surface area contributed by atoms with E-state index in [0.29, 0.717) is 0 Å². The summed E-state index contributed by atoms with van der Waals surface area (Å²) in [5.74, 6) is 0.920. The average molecular weight is 975 g/mol. The van der Waals surface area contributed by atoms with E-state index in [0.717, 1.165) is 55.7 Å². The van der Waals surface area contributed by atoms with Gasteiger partial charge in [-0.3, -0.25) is 4.57 Å². The van der Waals surface area contributed by atoms with Crippen molar-refractivity contribution in [3.63, 3.8) is 0 Å². The van der Waals surface area contributed by atoms with Crippen LogP contribution in [0, 0.1) is 0 Å². The zero-order valence-electron chi connectivity index (χ0n) is 43.3. The smallest absolute Gasteiger partial charge is 0.333 e. The Morgan fingerprint density at radius 1 is 0.500 bits per heavy atom. The third kappa shape index (κ3) is 6.08. The number of benzene rings is 9. The molecule has 0 amide bonds. The highest BCUT2D eigenvalue weighted by Gasteiger charge is 2.46. The van der Waals surface area contributed by atoms with Gasteiger partial charge < -0.3 is 13.8 Å². The summed E-state index contributed by atoms with van der Waals surface area (Å²) >= 11 is 1.94. The molecule has 0 spiro atoms. The van der Waals surface area contributed by atoms with Gasteiger partial charge in [-0.15, -0.1) is 11.3 Å². The first kappa shape index (κ1) is 43.7. The van der Waals surface area contributed by atoms with Crippen molar-refractivity contribution in [2.75, 3.05) is 4.81 Å². The first-order chi connectivity index (χ1) is 35.6. The number of nitrogens with zero attached hydrogens (tertiary/aromatic N) is 4. The third-order valence-electron chi connectivity index (χ3n) is 16.3. The van der Waals surface area contributed by atoms with Gasteiger partial charge >= 0.3 is 6.85 Å². The summed E-state index contributed by atoms with van der Waals surface area (Å²) in [6, 6.07) is 63.8. The van der Waals surface area contributed by atoms with Gasteiger partial charge in [0.1, 0.15) is 17.0 Å². The highest BCUT2D eigenvalue weighted by molar-refractivity contribution is 7.27. The van der Waals surface area contributed by atoms with Crippen LogP contribution in [0.25, 0.3) is 109 Å². The molecule has 0 saturated heterocycles. The molecule has 5 nitrogen and oxygen atoms in total. The van der Waals surface area contributed by atoms with E-state index < -0.39 is 0 Å². The van der Waals surface area contributed by atoms with E-state index in [-0.39, 0.29) is 23.1 Å². The molecule has 0 bridgehead atoms. The van der Waals surface area contributed by atoms with Gasteiger partial charge in [-0.1, -0.05) is 159 Å². The predicted octanol–water partition coefficient (Wildman–Crippen LogP) is 17.2. The van der Waals surface area contributed by atoms with Crippen LogP contribution in [0.4, 0.5) is 11.4 Å². The Hall–Kier alpha value is -7.87. The Bertz CT molecular complexity index is 4530. The maximum absolute atomic E-state index is 7.05. The molecule has 2 aliphatic rings. The minimum Gasteiger partial charge on any atom is -0.456 e. The van der Waals surface area contributed by atoms with Crippen molar-refractivity contribution in [3.8, 4) is 33.9 Å². The van der Waals surface area contributed by atoms with Crippen molar-refractivity contribution < 1.29 is 4.42 Å². The van der Waals surface area contributed by atoms with Crippen LogP contribution in [-0.2, 0) is 16.2 Å². The molecule has 2 aliphatic heterocycles. The van der Waals surface area contributed by atoms with Gasteiger partial charge in [0.2, 0.25) is 0 Å². The summed E-state index contributed by atoms with van der Waals surface area (Å²) in [4.78, 5) is 8.32. The van der Waals surface area contributed by atoms with Gasteiger partial charge in [-0.25, -0.2) is 4.98 Å². The maximum atomic E-state index is 7.05. The number of fused-ring (bicyclic) bond motifs is 17. The second-order valence-electron chi connectivity index (χ2n) is 24.0. The van der Waals surface area contributed by atoms with Gasteiger partial charge in [0.15, 0.2) is 0 Å². The molecule has 0 aliphatic carbocycles. The van der Waals surface area contributed by atoms with Gasteiger partial charge in [-0.2, -0.15) is 0 Å². The van der Waals surface area contributed by atoms with Crippen LogP contribution in [0.15, 0.2) is 174 Å². The Morgan fingerprint density at radius 2 is 1.16 bits per heavy atom. The molecule has 74 heavy (non-hydrogen) atoms. The van der Waals surface area contributed by atoms with Crippen molar-refractivity contribution in [2.45, 2.75) is 78.6 Å². The first-order valence-electron chi connectivity index (χ1n) is 26.1. The Labute approximate surface area is 435 Å². The molecule has 4 aromatic heterocycles.